The second-order valence-corrected chi connectivity index (χ2v) is 3.33. The number of esters is 2. The van der Waals surface area contributed by atoms with Gasteiger partial charge in [-0.1, -0.05) is 0 Å². The summed E-state index contributed by atoms with van der Waals surface area (Å²) in [7, 11) is 1.46. The molecule has 5 nitrogen and oxygen atoms in total. The minimum atomic E-state index is -0.468. The second-order valence-electron chi connectivity index (χ2n) is 3.33. The highest BCUT2D eigenvalue weighted by atomic mass is 16.6. The molecule has 0 N–H and O–H groups in total. The van der Waals surface area contributed by atoms with Gasteiger partial charge in [0.1, 0.15) is 6.61 Å². The highest BCUT2D eigenvalue weighted by molar-refractivity contribution is 5.94. The van der Waals surface area contributed by atoms with E-state index in [4.69, 9.17) is 14.2 Å². The van der Waals surface area contributed by atoms with E-state index in [1.54, 1.807) is 6.07 Å². The largest absolute Gasteiger partial charge is 0.493 e. The van der Waals surface area contributed by atoms with Crippen molar-refractivity contribution in [1.82, 2.24) is 0 Å². The Kier molecular flexibility index (Phi) is 2.52. The number of carbonyl (C=O) groups excluding carboxylic acids is 2. The number of rotatable bonds is 2. The summed E-state index contributed by atoms with van der Waals surface area (Å²) in [6.45, 7) is 1.51. The number of fused-ring (bicyclic) bond motifs is 1. The zero-order chi connectivity index (χ0) is 11.7. The monoisotopic (exact) mass is 222 g/mol. The van der Waals surface area contributed by atoms with E-state index in [-0.39, 0.29) is 12.4 Å². The molecule has 0 aliphatic carbocycles. The number of ether oxygens (including phenoxy) is 3. The average Bonchev–Trinajstić information content (AvgIpc) is 2.58. The lowest BCUT2D eigenvalue weighted by Gasteiger charge is -2.08. The summed E-state index contributed by atoms with van der Waals surface area (Å²) < 4.78 is 14.8. The average molecular weight is 222 g/mol. The maximum absolute atomic E-state index is 11.3. The van der Waals surface area contributed by atoms with Gasteiger partial charge >= 0.3 is 11.9 Å². The molecule has 1 aliphatic heterocycles. The molecule has 16 heavy (non-hydrogen) atoms. The molecule has 0 atom stereocenters. The molecule has 1 aromatic rings. The van der Waals surface area contributed by atoms with Crippen LogP contribution in [0.2, 0.25) is 0 Å². The van der Waals surface area contributed by atoms with Gasteiger partial charge in [0.25, 0.3) is 0 Å². The third-order valence-corrected chi connectivity index (χ3v) is 2.22. The van der Waals surface area contributed by atoms with Crippen LogP contribution >= 0.6 is 0 Å². The summed E-state index contributed by atoms with van der Waals surface area (Å²) in [5.74, 6) is -0.240. The molecular formula is C11H10O5. The van der Waals surface area contributed by atoms with E-state index in [0.29, 0.717) is 11.3 Å². The maximum atomic E-state index is 11.3. The van der Waals surface area contributed by atoms with E-state index in [0.717, 1.165) is 5.56 Å². The number of cyclic esters (lactones) is 1. The van der Waals surface area contributed by atoms with Crippen molar-refractivity contribution in [2.45, 2.75) is 13.5 Å². The Morgan fingerprint density at radius 1 is 1.38 bits per heavy atom. The Labute approximate surface area is 91.9 Å². The van der Waals surface area contributed by atoms with Crippen LogP contribution < -0.4 is 9.47 Å². The second kappa shape index (κ2) is 3.84. The van der Waals surface area contributed by atoms with Gasteiger partial charge in [0, 0.05) is 12.5 Å². The van der Waals surface area contributed by atoms with Gasteiger partial charge in [0.2, 0.25) is 0 Å². The Bertz CT molecular complexity index is 464. The maximum Gasteiger partial charge on any atom is 0.339 e. The van der Waals surface area contributed by atoms with Crippen molar-refractivity contribution in [3.05, 3.63) is 23.3 Å². The minimum Gasteiger partial charge on any atom is -0.493 e. The van der Waals surface area contributed by atoms with Crippen LogP contribution in [0.25, 0.3) is 0 Å². The first-order valence-corrected chi connectivity index (χ1v) is 4.68. The lowest BCUT2D eigenvalue weighted by atomic mass is 10.1. The molecule has 0 spiro atoms. The van der Waals surface area contributed by atoms with E-state index >= 15 is 0 Å². The molecular weight excluding hydrogens is 212 g/mol. The molecule has 0 radical (unpaired) electrons. The predicted molar refractivity (Wildman–Crippen MR) is 53.4 cm³/mol. The smallest absolute Gasteiger partial charge is 0.339 e. The lowest BCUT2D eigenvalue weighted by Crippen LogP contribution is -2.04. The van der Waals surface area contributed by atoms with E-state index < -0.39 is 11.9 Å². The first kappa shape index (κ1) is 10.5. The van der Waals surface area contributed by atoms with Crippen LogP contribution in [0.1, 0.15) is 22.8 Å². The number of benzene rings is 1. The van der Waals surface area contributed by atoms with Crippen LogP contribution in [0, 0.1) is 0 Å². The van der Waals surface area contributed by atoms with E-state index in [2.05, 4.69) is 0 Å². The molecule has 0 saturated heterocycles. The van der Waals surface area contributed by atoms with Crippen LogP contribution in [-0.4, -0.2) is 19.0 Å². The zero-order valence-corrected chi connectivity index (χ0v) is 8.90. The number of hydrogen-bond donors (Lipinski definition) is 0. The van der Waals surface area contributed by atoms with Crippen LogP contribution in [0.4, 0.5) is 0 Å². The summed E-state index contributed by atoms with van der Waals surface area (Å²) in [5, 5.41) is 0. The van der Waals surface area contributed by atoms with E-state index in [1.165, 1.54) is 20.1 Å². The number of methoxy groups -OCH3 is 1. The number of hydrogen-bond acceptors (Lipinski definition) is 5. The molecule has 1 heterocycles. The summed E-state index contributed by atoms with van der Waals surface area (Å²) in [6.07, 6.45) is 0. The zero-order valence-electron chi connectivity index (χ0n) is 8.90. The van der Waals surface area contributed by atoms with Gasteiger partial charge in [0.15, 0.2) is 11.5 Å². The fourth-order valence-electron chi connectivity index (χ4n) is 1.53. The minimum absolute atomic E-state index is 0.227. The lowest BCUT2D eigenvalue weighted by molar-refractivity contribution is -0.132. The van der Waals surface area contributed by atoms with Crippen LogP contribution in [0.5, 0.6) is 11.5 Å². The van der Waals surface area contributed by atoms with E-state index in [1.807, 2.05) is 0 Å². The molecule has 0 unspecified atom stereocenters. The first-order valence-electron chi connectivity index (χ1n) is 4.68. The summed E-state index contributed by atoms with van der Waals surface area (Å²) in [5.41, 5.74) is 1.15. The molecule has 0 saturated carbocycles. The van der Waals surface area contributed by atoms with Crippen molar-refractivity contribution >= 4 is 11.9 Å². The van der Waals surface area contributed by atoms with Crippen LogP contribution in [0.15, 0.2) is 12.1 Å². The molecule has 2 rings (SSSR count). The van der Waals surface area contributed by atoms with Gasteiger partial charge in [-0.15, -0.1) is 0 Å². The molecule has 0 amide bonds. The third-order valence-electron chi connectivity index (χ3n) is 2.22. The fraction of sp³-hybridized carbons (Fsp3) is 0.273. The van der Waals surface area contributed by atoms with Crippen molar-refractivity contribution in [1.29, 1.82) is 0 Å². The van der Waals surface area contributed by atoms with Crippen molar-refractivity contribution < 1.29 is 23.8 Å². The molecule has 5 heteroatoms. The molecule has 0 aromatic heterocycles. The van der Waals surface area contributed by atoms with Gasteiger partial charge in [0.05, 0.1) is 12.7 Å². The predicted octanol–water partition coefficient (Wildman–Crippen LogP) is 1.29. The standard InChI is InChI=1S/C11H10O5/c1-6(12)16-10-4-8-7(3-9(10)14-2)5-15-11(8)13/h3-4H,5H2,1-2H3. The van der Waals surface area contributed by atoms with Gasteiger partial charge in [-0.3, -0.25) is 4.79 Å². The molecule has 1 aromatic carbocycles. The van der Waals surface area contributed by atoms with Gasteiger partial charge < -0.3 is 14.2 Å². The molecule has 0 bridgehead atoms. The number of carbonyl (C=O) groups is 2. The van der Waals surface area contributed by atoms with Crippen molar-refractivity contribution in [2.24, 2.45) is 0 Å². The van der Waals surface area contributed by atoms with Crippen molar-refractivity contribution in [2.75, 3.05) is 7.11 Å². The van der Waals surface area contributed by atoms with Crippen molar-refractivity contribution in [3.63, 3.8) is 0 Å². The van der Waals surface area contributed by atoms with Gasteiger partial charge in [-0.2, -0.15) is 0 Å². The first-order chi connectivity index (χ1) is 7.61. The third kappa shape index (κ3) is 1.71. The van der Waals surface area contributed by atoms with Crippen LogP contribution in [0.3, 0.4) is 0 Å². The van der Waals surface area contributed by atoms with E-state index in [9.17, 15) is 9.59 Å². The molecule has 84 valence electrons. The fourth-order valence-corrected chi connectivity index (χ4v) is 1.53. The highest BCUT2D eigenvalue weighted by Crippen LogP contribution is 2.34. The Morgan fingerprint density at radius 2 is 2.12 bits per heavy atom. The van der Waals surface area contributed by atoms with Gasteiger partial charge in [-0.25, -0.2) is 4.79 Å². The Morgan fingerprint density at radius 3 is 2.75 bits per heavy atom. The highest BCUT2D eigenvalue weighted by Gasteiger charge is 2.24. The van der Waals surface area contributed by atoms with Crippen molar-refractivity contribution in [3.8, 4) is 11.5 Å². The summed E-state index contributed by atoms with van der Waals surface area (Å²) >= 11 is 0. The topological polar surface area (TPSA) is 61.8 Å². The molecule has 0 fully saturated rings. The summed E-state index contributed by atoms with van der Waals surface area (Å²) in [4.78, 5) is 22.2. The summed E-state index contributed by atoms with van der Waals surface area (Å²) in [6, 6.07) is 3.10. The SMILES string of the molecule is COc1cc2c(cc1OC(C)=O)C(=O)OC2. The van der Waals surface area contributed by atoms with Gasteiger partial charge in [-0.05, 0) is 12.1 Å². The Balaban J connectivity index is 2.47. The quantitative estimate of drug-likeness (QED) is 0.557. The molecule has 1 aliphatic rings. The Hall–Kier alpha value is -2.04. The normalized spacial score (nSPS) is 13.0. The van der Waals surface area contributed by atoms with Crippen LogP contribution in [-0.2, 0) is 16.1 Å².